The number of benzene rings is 1. The molecule has 7 heteroatoms. The summed E-state index contributed by atoms with van der Waals surface area (Å²) in [6.45, 7) is 1.61. The van der Waals surface area contributed by atoms with Crippen LogP contribution in [0, 0.1) is 0 Å². The molecule has 6 nitrogen and oxygen atoms in total. The third-order valence-corrected chi connectivity index (χ3v) is 6.92. The van der Waals surface area contributed by atoms with E-state index >= 15 is 0 Å². The first kappa shape index (κ1) is 19.2. The molecule has 0 radical (unpaired) electrons. The number of carbonyl (C=O) groups is 1. The Hall–Kier alpha value is -1.60. The number of piperidine rings is 1. The Morgan fingerprint density at radius 2 is 1.62 bits per heavy atom. The van der Waals surface area contributed by atoms with Crippen molar-refractivity contribution in [3.8, 4) is 0 Å². The van der Waals surface area contributed by atoms with Crippen LogP contribution in [0.15, 0.2) is 23.1 Å². The molecule has 144 valence electrons. The molecule has 2 fully saturated rings. The molecule has 1 aromatic carbocycles. The molecular weight excluding hydrogens is 352 g/mol. The van der Waals surface area contributed by atoms with Crippen molar-refractivity contribution in [3.63, 3.8) is 0 Å². The number of sulfonamides is 1. The standard InChI is InChI=1S/C19H28N2O4S/c22-19(23)15-10-11-17(21-12-6-3-7-13-21)18(14-15)26(24,25)20-16-8-4-1-2-5-9-16/h10-11,14,16,20H,1-9,12-13H2,(H,22,23). The van der Waals surface area contributed by atoms with E-state index in [4.69, 9.17) is 0 Å². The van der Waals surface area contributed by atoms with E-state index < -0.39 is 16.0 Å². The normalized spacial score (nSPS) is 19.9. The van der Waals surface area contributed by atoms with Crippen LogP contribution in [-0.4, -0.2) is 38.6 Å². The van der Waals surface area contributed by atoms with E-state index in [1.54, 1.807) is 6.07 Å². The highest BCUT2D eigenvalue weighted by atomic mass is 32.2. The van der Waals surface area contributed by atoms with Gasteiger partial charge in [-0.2, -0.15) is 0 Å². The lowest BCUT2D eigenvalue weighted by Crippen LogP contribution is -2.37. The van der Waals surface area contributed by atoms with Crippen LogP contribution in [0.3, 0.4) is 0 Å². The maximum absolute atomic E-state index is 13.1. The highest BCUT2D eigenvalue weighted by molar-refractivity contribution is 7.89. The van der Waals surface area contributed by atoms with Crippen molar-refractivity contribution in [3.05, 3.63) is 23.8 Å². The van der Waals surface area contributed by atoms with Gasteiger partial charge in [-0.3, -0.25) is 0 Å². The molecule has 0 amide bonds. The summed E-state index contributed by atoms with van der Waals surface area (Å²) in [7, 11) is -3.77. The van der Waals surface area contributed by atoms with Gasteiger partial charge in [0.2, 0.25) is 10.0 Å². The van der Waals surface area contributed by atoms with Gasteiger partial charge in [0, 0.05) is 19.1 Å². The number of hydrogen-bond donors (Lipinski definition) is 2. The van der Waals surface area contributed by atoms with Crippen LogP contribution in [0.1, 0.15) is 68.1 Å². The molecule has 1 saturated heterocycles. The Morgan fingerprint density at radius 3 is 2.23 bits per heavy atom. The van der Waals surface area contributed by atoms with Crippen LogP contribution in [0.5, 0.6) is 0 Å². The summed E-state index contributed by atoms with van der Waals surface area (Å²) in [6.07, 6.45) is 9.23. The molecule has 1 saturated carbocycles. The minimum atomic E-state index is -3.77. The predicted octanol–water partition coefficient (Wildman–Crippen LogP) is 3.38. The van der Waals surface area contributed by atoms with Crippen molar-refractivity contribution >= 4 is 21.7 Å². The first-order chi connectivity index (χ1) is 12.5. The molecule has 1 aliphatic heterocycles. The second-order valence-corrected chi connectivity index (χ2v) is 9.03. The SMILES string of the molecule is O=C(O)c1ccc(N2CCCCC2)c(S(=O)(=O)NC2CCCCCC2)c1. The zero-order chi connectivity index (χ0) is 18.6. The summed E-state index contributed by atoms with van der Waals surface area (Å²) in [4.78, 5) is 13.5. The maximum Gasteiger partial charge on any atom is 0.335 e. The van der Waals surface area contributed by atoms with Crippen molar-refractivity contribution < 1.29 is 18.3 Å². The number of nitrogens with zero attached hydrogens (tertiary/aromatic N) is 1. The first-order valence-corrected chi connectivity index (χ1v) is 11.1. The van der Waals surface area contributed by atoms with Crippen molar-refractivity contribution in [1.29, 1.82) is 0 Å². The maximum atomic E-state index is 13.1. The van der Waals surface area contributed by atoms with E-state index in [2.05, 4.69) is 9.62 Å². The lowest BCUT2D eigenvalue weighted by atomic mass is 10.1. The lowest BCUT2D eigenvalue weighted by Gasteiger charge is -2.31. The van der Waals surface area contributed by atoms with Crippen molar-refractivity contribution in [2.24, 2.45) is 0 Å². The Morgan fingerprint density at radius 1 is 1.00 bits per heavy atom. The molecule has 1 aromatic rings. The van der Waals surface area contributed by atoms with Gasteiger partial charge >= 0.3 is 5.97 Å². The van der Waals surface area contributed by atoms with Gasteiger partial charge in [-0.25, -0.2) is 17.9 Å². The van der Waals surface area contributed by atoms with Crippen molar-refractivity contribution in [2.45, 2.75) is 68.7 Å². The molecule has 0 atom stereocenters. The summed E-state index contributed by atoms with van der Waals surface area (Å²) in [5.74, 6) is -1.11. The van der Waals surface area contributed by atoms with Crippen LogP contribution in [0.2, 0.25) is 0 Å². The smallest absolute Gasteiger partial charge is 0.335 e. The summed E-state index contributed by atoms with van der Waals surface area (Å²) in [6, 6.07) is 4.39. The second-order valence-electron chi connectivity index (χ2n) is 7.35. The van der Waals surface area contributed by atoms with E-state index in [0.29, 0.717) is 5.69 Å². The summed E-state index contributed by atoms with van der Waals surface area (Å²) >= 11 is 0. The molecule has 1 aliphatic carbocycles. The number of aromatic carboxylic acids is 1. The van der Waals surface area contributed by atoms with E-state index in [9.17, 15) is 18.3 Å². The third kappa shape index (κ3) is 4.57. The van der Waals surface area contributed by atoms with E-state index in [-0.39, 0.29) is 16.5 Å². The van der Waals surface area contributed by atoms with Gasteiger partial charge in [-0.1, -0.05) is 25.7 Å². The highest BCUT2D eigenvalue weighted by Gasteiger charge is 2.27. The second kappa shape index (κ2) is 8.39. The zero-order valence-electron chi connectivity index (χ0n) is 15.1. The fourth-order valence-corrected chi connectivity index (χ4v) is 5.49. The Kier molecular flexibility index (Phi) is 6.19. The minimum Gasteiger partial charge on any atom is -0.478 e. The molecule has 0 aromatic heterocycles. The summed E-state index contributed by atoms with van der Waals surface area (Å²) in [5.41, 5.74) is 0.628. The molecular formula is C19H28N2O4S. The average Bonchev–Trinajstić information content (AvgIpc) is 2.90. The van der Waals surface area contributed by atoms with Crippen molar-refractivity contribution in [2.75, 3.05) is 18.0 Å². The average molecular weight is 381 g/mol. The molecule has 2 aliphatic rings. The number of nitrogens with one attached hydrogen (secondary N) is 1. The molecule has 1 heterocycles. The molecule has 2 N–H and O–H groups in total. The van der Waals surface area contributed by atoms with Crippen molar-refractivity contribution in [1.82, 2.24) is 4.72 Å². The number of carboxylic acid groups (broad SMARTS) is 1. The van der Waals surface area contributed by atoms with Gasteiger partial charge in [0.1, 0.15) is 4.90 Å². The quantitative estimate of drug-likeness (QED) is 0.765. The molecule has 26 heavy (non-hydrogen) atoms. The van der Waals surface area contributed by atoms with Crippen LogP contribution < -0.4 is 9.62 Å². The van der Waals surface area contributed by atoms with Gasteiger partial charge in [0.15, 0.2) is 0 Å². The molecule has 3 rings (SSSR count). The van der Waals surface area contributed by atoms with Gasteiger partial charge in [-0.05, 0) is 50.3 Å². The van der Waals surface area contributed by atoms with Gasteiger partial charge < -0.3 is 10.0 Å². The Balaban J connectivity index is 1.93. The molecule has 0 bridgehead atoms. The predicted molar refractivity (Wildman–Crippen MR) is 101 cm³/mol. The van der Waals surface area contributed by atoms with Crippen LogP contribution in [0.4, 0.5) is 5.69 Å². The van der Waals surface area contributed by atoms with E-state index in [1.807, 2.05) is 0 Å². The number of hydrogen-bond acceptors (Lipinski definition) is 4. The topological polar surface area (TPSA) is 86.7 Å². The Bertz CT molecular complexity index is 734. The van der Waals surface area contributed by atoms with Crippen LogP contribution in [0.25, 0.3) is 0 Å². The van der Waals surface area contributed by atoms with Gasteiger partial charge in [0.05, 0.1) is 11.3 Å². The zero-order valence-corrected chi connectivity index (χ0v) is 15.9. The van der Waals surface area contributed by atoms with Gasteiger partial charge in [-0.15, -0.1) is 0 Å². The molecule has 0 unspecified atom stereocenters. The monoisotopic (exact) mass is 380 g/mol. The van der Waals surface area contributed by atoms with E-state index in [1.165, 1.54) is 12.1 Å². The van der Waals surface area contributed by atoms with Gasteiger partial charge in [0.25, 0.3) is 0 Å². The van der Waals surface area contributed by atoms with Crippen LogP contribution >= 0.6 is 0 Å². The Labute approximate surface area is 155 Å². The highest BCUT2D eigenvalue weighted by Crippen LogP contribution is 2.30. The number of carboxylic acids is 1. The number of anilines is 1. The van der Waals surface area contributed by atoms with Crippen LogP contribution in [-0.2, 0) is 10.0 Å². The fraction of sp³-hybridized carbons (Fsp3) is 0.632. The fourth-order valence-electron chi connectivity index (χ4n) is 3.94. The lowest BCUT2D eigenvalue weighted by molar-refractivity contribution is 0.0696. The van der Waals surface area contributed by atoms with E-state index in [0.717, 1.165) is 70.9 Å². The number of rotatable bonds is 5. The largest absolute Gasteiger partial charge is 0.478 e. The summed E-state index contributed by atoms with van der Waals surface area (Å²) < 4.78 is 29.1. The summed E-state index contributed by atoms with van der Waals surface area (Å²) in [5, 5.41) is 9.31. The first-order valence-electron chi connectivity index (χ1n) is 9.62. The molecule has 0 spiro atoms. The minimum absolute atomic E-state index is 0.00648. The third-order valence-electron chi connectivity index (χ3n) is 5.37.